The number of aromatic amines is 1. The van der Waals surface area contributed by atoms with Crippen molar-refractivity contribution in [2.75, 3.05) is 0 Å². The topological polar surface area (TPSA) is 25.0 Å². The van der Waals surface area contributed by atoms with Crippen molar-refractivity contribution in [3.05, 3.63) is 29.0 Å². The highest BCUT2D eigenvalue weighted by atomic mass is 28.3. The Bertz CT molecular complexity index is 605. The molecule has 0 saturated carbocycles. The van der Waals surface area contributed by atoms with E-state index in [1.807, 2.05) is 0 Å². The van der Waals surface area contributed by atoms with Gasteiger partial charge in [-0.2, -0.15) is 0 Å². The first kappa shape index (κ1) is 14.2. The Kier molecular flexibility index (Phi) is 3.52. The highest BCUT2D eigenvalue weighted by Crippen LogP contribution is 2.39. The number of benzene rings is 1. The monoisotopic (exact) mass is 275 g/mol. The number of aryl methyl sites for hydroxylation is 2. The summed E-state index contributed by atoms with van der Waals surface area (Å²) in [6, 6.07) is 4.40. The standard InChI is InChI=1S/C16H25NOSi/c1-10-11(2)17-13-9-8-12(16(3,4)5)15(14(10)13)18-19(6)7/h8-9,17,19H,1-7H3. The Morgan fingerprint density at radius 1 is 1.11 bits per heavy atom. The fourth-order valence-corrected chi connectivity index (χ4v) is 3.21. The summed E-state index contributed by atoms with van der Waals surface area (Å²) in [6.45, 7) is 15.5. The van der Waals surface area contributed by atoms with Crippen LogP contribution in [-0.4, -0.2) is 14.0 Å². The van der Waals surface area contributed by atoms with Crippen molar-refractivity contribution in [2.24, 2.45) is 0 Å². The van der Waals surface area contributed by atoms with Gasteiger partial charge >= 0.3 is 0 Å². The minimum atomic E-state index is -1.13. The third kappa shape index (κ3) is 2.57. The minimum absolute atomic E-state index is 0.102. The van der Waals surface area contributed by atoms with Gasteiger partial charge in [0.2, 0.25) is 9.04 Å². The normalized spacial score (nSPS) is 12.4. The van der Waals surface area contributed by atoms with E-state index in [2.05, 4.69) is 64.8 Å². The molecule has 0 aliphatic carbocycles. The van der Waals surface area contributed by atoms with Crippen molar-refractivity contribution in [3.63, 3.8) is 0 Å². The van der Waals surface area contributed by atoms with Crippen LogP contribution in [-0.2, 0) is 5.41 Å². The molecule has 0 aliphatic heterocycles. The lowest BCUT2D eigenvalue weighted by atomic mass is 9.85. The quantitative estimate of drug-likeness (QED) is 0.805. The zero-order valence-electron chi connectivity index (χ0n) is 13.1. The summed E-state index contributed by atoms with van der Waals surface area (Å²) in [5.74, 6) is 1.11. The van der Waals surface area contributed by atoms with Gasteiger partial charge in [0.15, 0.2) is 0 Å². The van der Waals surface area contributed by atoms with Crippen LogP contribution in [0.2, 0.25) is 13.1 Å². The van der Waals surface area contributed by atoms with Crippen LogP contribution in [0.4, 0.5) is 0 Å². The lowest BCUT2D eigenvalue weighted by molar-refractivity contribution is 0.525. The molecule has 2 rings (SSSR count). The molecule has 1 aromatic carbocycles. The molecule has 0 fully saturated rings. The number of H-pyrrole nitrogens is 1. The SMILES string of the molecule is Cc1[nH]c2ccc(C(C)(C)C)c(O[SiH](C)C)c2c1C. The van der Waals surface area contributed by atoms with Gasteiger partial charge in [-0.1, -0.05) is 26.8 Å². The van der Waals surface area contributed by atoms with Crippen LogP contribution in [0.15, 0.2) is 12.1 Å². The molecule has 1 aromatic heterocycles. The van der Waals surface area contributed by atoms with Gasteiger partial charge < -0.3 is 9.41 Å². The van der Waals surface area contributed by atoms with Crippen molar-refractivity contribution < 1.29 is 4.43 Å². The number of aromatic nitrogens is 1. The van der Waals surface area contributed by atoms with Gasteiger partial charge in [-0.3, -0.25) is 0 Å². The largest absolute Gasteiger partial charge is 0.546 e. The van der Waals surface area contributed by atoms with E-state index < -0.39 is 9.04 Å². The average Bonchev–Trinajstić information content (AvgIpc) is 2.53. The first-order chi connectivity index (χ1) is 8.71. The summed E-state index contributed by atoms with van der Waals surface area (Å²) in [7, 11) is -1.13. The zero-order chi connectivity index (χ0) is 14.4. The van der Waals surface area contributed by atoms with Gasteiger partial charge in [0.05, 0.1) is 0 Å². The molecule has 19 heavy (non-hydrogen) atoms. The van der Waals surface area contributed by atoms with Crippen LogP contribution in [0.25, 0.3) is 10.9 Å². The molecular formula is C16H25NOSi. The molecule has 0 atom stereocenters. The summed E-state index contributed by atoms with van der Waals surface area (Å²) in [6.07, 6.45) is 0. The molecule has 1 N–H and O–H groups in total. The van der Waals surface area contributed by atoms with Crippen molar-refractivity contribution in [3.8, 4) is 5.75 Å². The smallest absolute Gasteiger partial charge is 0.229 e. The molecule has 0 bridgehead atoms. The molecule has 104 valence electrons. The molecule has 0 amide bonds. The maximum Gasteiger partial charge on any atom is 0.229 e. The van der Waals surface area contributed by atoms with E-state index in [0.29, 0.717) is 0 Å². The Morgan fingerprint density at radius 2 is 1.74 bits per heavy atom. The molecule has 0 saturated heterocycles. The molecule has 0 radical (unpaired) electrons. The highest BCUT2D eigenvalue weighted by Gasteiger charge is 2.23. The number of hydrogen-bond acceptors (Lipinski definition) is 1. The molecule has 0 spiro atoms. The van der Waals surface area contributed by atoms with Crippen LogP contribution < -0.4 is 4.43 Å². The number of nitrogens with one attached hydrogen (secondary N) is 1. The average molecular weight is 275 g/mol. The van der Waals surface area contributed by atoms with Crippen molar-refractivity contribution in [2.45, 2.75) is 53.1 Å². The second-order valence-corrected chi connectivity index (χ2v) is 8.99. The van der Waals surface area contributed by atoms with Gasteiger partial charge in [-0.25, -0.2) is 0 Å². The Labute approximate surface area is 117 Å². The molecular weight excluding hydrogens is 250 g/mol. The van der Waals surface area contributed by atoms with E-state index in [-0.39, 0.29) is 5.41 Å². The van der Waals surface area contributed by atoms with Gasteiger partial charge in [0, 0.05) is 16.6 Å². The zero-order valence-corrected chi connectivity index (χ0v) is 14.3. The number of hydrogen-bond donors (Lipinski definition) is 1. The first-order valence-corrected chi connectivity index (χ1v) is 9.79. The Hall–Kier alpha value is -1.22. The molecule has 0 aliphatic rings. The lowest BCUT2D eigenvalue weighted by Gasteiger charge is -2.25. The first-order valence-electron chi connectivity index (χ1n) is 7.01. The van der Waals surface area contributed by atoms with Gasteiger partial charge in [0.25, 0.3) is 0 Å². The maximum absolute atomic E-state index is 6.30. The molecule has 3 heteroatoms. The molecule has 2 aromatic rings. The van der Waals surface area contributed by atoms with Crippen LogP contribution in [0, 0.1) is 13.8 Å². The van der Waals surface area contributed by atoms with E-state index >= 15 is 0 Å². The van der Waals surface area contributed by atoms with E-state index in [4.69, 9.17) is 4.43 Å². The predicted octanol–water partition coefficient (Wildman–Crippen LogP) is 4.44. The highest BCUT2D eigenvalue weighted by molar-refractivity contribution is 6.49. The third-order valence-corrected chi connectivity index (χ3v) is 4.29. The second-order valence-electron chi connectivity index (χ2n) is 6.66. The summed E-state index contributed by atoms with van der Waals surface area (Å²) in [4.78, 5) is 3.45. The predicted molar refractivity (Wildman–Crippen MR) is 86.0 cm³/mol. The molecule has 2 nitrogen and oxygen atoms in total. The van der Waals surface area contributed by atoms with E-state index in [9.17, 15) is 0 Å². The summed E-state index contributed by atoms with van der Waals surface area (Å²) in [5.41, 5.74) is 5.14. The van der Waals surface area contributed by atoms with Crippen LogP contribution in [0.3, 0.4) is 0 Å². The summed E-state index contributed by atoms with van der Waals surface area (Å²) in [5, 5.41) is 1.27. The van der Waals surface area contributed by atoms with Crippen molar-refractivity contribution in [1.82, 2.24) is 4.98 Å². The van der Waals surface area contributed by atoms with Crippen LogP contribution in [0.1, 0.15) is 37.6 Å². The van der Waals surface area contributed by atoms with Gasteiger partial charge in [-0.05, 0) is 49.5 Å². The summed E-state index contributed by atoms with van der Waals surface area (Å²) >= 11 is 0. The number of rotatable bonds is 2. The molecule has 0 unspecified atom stereocenters. The number of fused-ring (bicyclic) bond motifs is 1. The van der Waals surface area contributed by atoms with Gasteiger partial charge in [-0.15, -0.1) is 0 Å². The van der Waals surface area contributed by atoms with E-state index in [0.717, 1.165) is 5.75 Å². The Balaban J connectivity index is 2.80. The minimum Gasteiger partial charge on any atom is -0.546 e. The Morgan fingerprint density at radius 3 is 2.26 bits per heavy atom. The van der Waals surface area contributed by atoms with Gasteiger partial charge in [0.1, 0.15) is 5.75 Å². The van der Waals surface area contributed by atoms with Crippen LogP contribution >= 0.6 is 0 Å². The van der Waals surface area contributed by atoms with E-state index in [1.54, 1.807) is 0 Å². The fraction of sp³-hybridized carbons (Fsp3) is 0.500. The fourth-order valence-electron chi connectivity index (χ4n) is 2.49. The lowest BCUT2D eigenvalue weighted by Crippen LogP contribution is -2.18. The summed E-state index contributed by atoms with van der Waals surface area (Å²) < 4.78 is 6.30. The maximum atomic E-state index is 6.30. The van der Waals surface area contributed by atoms with Crippen molar-refractivity contribution >= 4 is 19.9 Å². The molecule has 1 heterocycles. The third-order valence-electron chi connectivity index (χ3n) is 3.58. The second kappa shape index (κ2) is 4.71. The van der Waals surface area contributed by atoms with E-state index in [1.165, 1.54) is 27.7 Å². The van der Waals surface area contributed by atoms with Crippen molar-refractivity contribution in [1.29, 1.82) is 0 Å². The van der Waals surface area contributed by atoms with Crippen LogP contribution in [0.5, 0.6) is 5.75 Å².